The molecule has 0 aliphatic carbocycles. The summed E-state index contributed by atoms with van der Waals surface area (Å²) in [5.41, 5.74) is -0.781. The molecule has 4 nitrogen and oxygen atoms in total. The van der Waals surface area contributed by atoms with Crippen molar-refractivity contribution in [3.63, 3.8) is 0 Å². The monoisotopic (exact) mass is 286 g/mol. The van der Waals surface area contributed by atoms with Gasteiger partial charge in [0.1, 0.15) is 18.5 Å². The topological polar surface area (TPSA) is 47.3 Å². The Hall–Kier alpha value is -2.02. The molecule has 7 heteroatoms. The number of nitrogens with zero attached hydrogens (tertiary/aromatic N) is 2. The number of hydrogen-bond donors (Lipinski definition) is 1. The summed E-state index contributed by atoms with van der Waals surface area (Å²) in [5, 5.41) is 13.6. The van der Waals surface area contributed by atoms with Crippen LogP contribution in [0.4, 0.5) is 13.2 Å². The third kappa shape index (κ3) is 3.99. The molecule has 1 aromatic carbocycles. The second kappa shape index (κ2) is 5.96. The van der Waals surface area contributed by atoms with Crippen molar-refractivity contribution in [1.82, 2.24) is 9.78 Å². The van der Waals surface area contributed by atoms with E-state index in [0.717, 1.165) is 12.1 Å². The predicted molar refractivity (Wildman–Crippen MR) is 65.2 cm³/mol. The normalized spacial score (nSPS) is 13.2. The van der Waals surface area contributed by atoms with Crippen LogP contribution >= 0.6 is 0 Å². The maximum atomic E-state index is 12.5. The van der Waals surface area contributed by atoms with Crippen LogP contribution in [0.5, 0.6) is 5.75 Å². The van der Waals surface area contributed by atoms with Crippen LogP contribution in [-0.2, 0) is 12.7 Å². The quantitative estimate of drug-likeness (QED) is 0.917. The number of alkyl halides is 3. The highest BCUT2D eigenvalue weighted by molar-refractivity contribution is 5.30. The molecule has 20 heavy (non-hydrogen) atoms. The van der Waals surface area contributed by atoms with Gasteiger partial charge >= 0.3 is 6.18 Å². The minimum absolute atomic E-state index is 0.0688. The summed E-state index contributed by atoms with van der Waals surface area (Å²) in [6, 6.07) is 6.25. The molecule has 108 valence electrons. The third-order valence-electron chi connectivity index (χ3n) is 2.56. The van der Waals surface area contributed by atoms with Gasteiger partial charge in [-0.25, -0.2) is 0 Å². The van der Waals surface area contributed by atoms with Gasteiger partial charge in [0.15, 0.2) is 0 Å². The Morgan fingerprint density at radius 1 is 1.30 bits per heavy atom. The lowest BCUT2D eigenvalue weighted by molar-refractivity contribution is -0.137. The number of rotatable bonds is 5. The fraction of sp³-hybridized carbons (Fsp3) is 0.308. The van der Waals surface area contributed by atoms with Gasteiger partial charge in [-0.05, 0) is 24.3 Å². The van der Waals surface area contributed by atoms with Crippen molar-refractivity contribution < 1.29 is 23.0 Å². The molecule has 0 bridgehead atoms. The van der Waals surface area contributed by atoms with Crippen molar-refractivity contribution >= 4 is 0 Å². The lowest BCUT2D eigenvalue weighted by Crippen LogP contribution is -2.23. The van der Waals surface area contributed by atoms with E-state index in [-0.39, 0.29) is 18.9 Å². The van der Waals surface area contributed by atoms with E-state index in [4.69, 9.17) is 4.74 Å². The molecule has 0 aliphatic rings. The number of aliphatic hydroxyl groups is 1. The van der Waals surface area contributed by atoms with Crippen LogP contribution in [-0.4, -0.2) is 27.6 Å². The van der Waals surface area contributed by atoms with E-state index in [1.54, 1.807) is 18.5 Å². The SMILES string of the molecule is O[C@H](COc1cccc(C(F)(F)F)c1)Cn1cccn1. The summed E-state index contributed by atoms with van der Waals surface area (Å²) < 4.78 is 44.2. The zero-order chi connectivity index (χ0) is 14.6. The molecule has 0 radical (unpaired) electrons. The van der Waals surface area contributed by atoms with E-state index in [9.17, 15) is 18.3 Å². The number of hydrogen-bond acceptors (Lipinski definition) is 3. The van der Waals surface area contributed by atoms with E-state index in [1.807, 2.05) is 0 Å². The van der Waals surface area contributed by atoms with Crippen LogP contribution in [0.2, 0.25) is 0 Å². The van der Waals surface area contributed by atoms with Crippen LogP contribution in [0.25, 0.3) is 0 Å². The first-order valence-electron chi connectivity index (χ1n) is 5.91. The largest absolute Gasteiger partial charge is 0.491 e. The Morgan fingerprint density at radius 3 is 2.75 bits per heavy atom. The maximum absolute atomic E-state index is 12.5. The predicted octanol–water partition coefficient (Wildman–Crippen LogP) is 2.34. The van der Waals surface area contributed by atoms with Crippen molar-refractivity contribution in [3.05, 3.63) is 48.3 Å². The first-order chi connectivity index (χ1) is 9.45. The van der Waals surface area contributed by atoms with Crippen molar-refractivity contribution in [3.8, 4) is 5.75 Å². The molecule has 0 fully saturated rings. The summed E-state index contributed by atoms with van der Waals surface area (Å²) in [5.74, 6) is 0.0688. The molecule has 1 aromatic heterocycles. The zero-order valence-electron chi connectivity index (χ0n) is 10.4. The zero-order valence-corrected chi connectivity index (χ0v) is 10.4. The van der Waals surface area contributed by atoms with Gasteiger partial charge in [0.2, 0.25) is 0 Å². The third-order valence-corrected chi connectivity index (χ3v) is 2.56. The Morgan fingerprint density at radius 2 is 2.10 bits per heavy atom. The van der Waals surface area contributed by atoms with Gasteiger partial charge in [-0.15, -0.1) is 0 Å². The summed E-state index contributed by atoms with van der Waals surface area (Å²) in [6.07, 6.45) is -2.02. The van der Waals surface area contributed by atoms with Gasteiger partial charge in [-0.2, -0.15) is 18.3 Å². The fourth-order valence-corrected chi connectivity index (χ4v) is 1.63. The molecule has 1 atom stereocenters. The summed E-state index contributed by atoms with van der Waals surface area (Å²) in [4.78, 5) is 0. The lowest BCUT2D eigenvalue weighted by Gasteiger charge is -2.13. The number of ether oxygens (including phenoxy) is 1. The van der Waals surface area contributed by atoms with Crippen molar-refractivity contribution in [1.29, 1.82) is 0 Å². The van der Waals surface area contributed by atoms with Crippen LogP contribution in [0.3, 0.4) is 0 Å². The molecular weight excluding hydrogens is 273 g/mol. The average Bonchev–Trinajstić information content (AvgIpc) is 2.88. The summed E-state index contributed by atoms with van der Waals surface area (Å²) >= 11 is 0. The van der Waals surface area contributed by atoms with Crippen molar-refractivity contribution in [2.24, 2.45) is 0 Å². The first kappa shape index (κ1) is 14.4. The number of halogens is 3. The van der Waals surface area contributed by atoms with E-state index >= 15 is 0 Å². The molecule has 0 aliphatic heterocycles. The molecular formula is C13H13F3N2O2. The van der Waals surface area contributed by atoms with E-state index in [0.29, 0.717) is 0 Å². The summed E-state index contributed by atoms with van der Waals surface area (Å²) in [7, 11) is 0. The van der Waals surface area contributed by atoms with Crippen LogP contribution in [0, 0.1) is 0 Å². The molecule has 1 N–H and O–H groups in total. The molecule has 0 spiro atoms. The first-order valence-corrected chi connectivity index (χ1v) is 5.91. The van der Waals surface area contributed by atoms with Crippen molar-refractivity contribution in [2.45, 2.75) is 18.8 Å². The van der Waals surface area contributed by atoms with Gasteiger partial charge < -0.3 is 9.84 Å². The smallest absolute Gasteiger partial charge is 0.416 e. The highest BCUT2D eigenvalue weighted by Gasteiger charge is 2.30. The minimum Gasteiger partial charge on any atom is -0.491 e. The molecule has 0 amide bonds. The summed E-state index contributed by atoms with van der Waals surface area (Å²) in [6.45, 7) is 0.104. The fourth-order valence-electron chi connectivity index (χ4n) is 1.63. The molecule has 0 unspecified atom stereocenters. The van der Waals surface area contributed by atoms with Gasteiger partial charge in [0, 0.05) is 12.4 Å². The van der Waals surface area contributed by atoms with E-state index in [1.165, 1.54) is 16.8 Å². The lowest BCUT2D eigenvalue weighted by atomic mass is 10.2. The van der Waals surface area contributed by atoms with Gasteiger partial charge in [0.05, 0.1) is 12.1 Å². The number of benzene rings is 1. The second-order valence-corrected chi connectivity index (χ2v) is 4.22. The second-order valence-electron chi connectivity index (χ2n) is 4.22. The number of aliphatic hydroxyl groups excluding tert-OH is 1. The van der Waals surface area contributed by atoms with Gasteiger partial charge in [0.25, 0.3) is 0 Å². The Kier molecular flexibility index (Phi) is 4.29. The van der Waals surface area contributed by atoms with Crippen LogP contribution in [0.1, 0.15) is 5.56 Å². The van der Waals surface area contributed by atoms with Crippen LogP contribution < -0.4 is 4.74 Å². The molecule has 2 aromatic rings. The standard InChI is InChI=1S/C13H13F3N2O2/c14-13(15,16)10-3-1-4-12(7-10)20-9-11(19)8-18-6-2-5-17-18/h1-7,11,19H,8-9H2/t11-/m0/s1. The minimum atomic E-state index is -4.41. The molecule has 0 saturated carbocycles. The van der Waals surface area contributed by atoms with Gasteiger partial charge in [-0.3, -0.25) is 4.68 Å². The van der Waals surface area contributed by atoms with E-state index < -0.39 is 17.8 Å². The highest BCUT2D eigenvalue weighted by Crippen LogP contribution is 2.31. The average molecular weight is 286 g/mol. The van der Waals surface area contributed by atoms with Crippen LogP contribution in [0.15, 0.2) is 42.7 Å². The molecule has 0 saturated heterocycles. The number of aromatic nitrogens is 2. The molecule has 2 rings (SSSR count). The Balaban J connectivity index is 1.90. The Labute approximate surface area is 113 Å². The van der Waals surface area contributed by atoms with Gasteiger partial charge in [-0.1, -0.05) is 6.07 Å². The van der Waals surface area contributed by atoms with E-state index in [2.05, 4.69) is 5.10 Å². The van der Waals surface area contributed by atoms with Crippen molar-refractivity contribution in [2.75, 3.05) is 6.61 Å². The maximum Gasteiger partial charge on any atom is 0.416 e. The Bertz CT molecular complexity index is 541. The molecule has 1 heterocycles. The highest BCUT2D eigenvalue weighted by atomic mass is 19.4.